The number of nitrogens with two attached hydrogens (primary N) is 1. The van der Waals surface area contributed by atoms with Crippen molar-refractivity contribution >= 4 is 11.3 Å². The van der Waals surface area contributed by atoms with Crippen molar-refractivity contribution in [1.82, 2.24) is 4.98 Å². The fraction of sp³-hybridized carbons (Fsp3) is 0.400. The van der Waals surface area contributed by atoms with E-state index >= 15 is 0 Å². The third-order valence-electron chi connectivity index (χ3n) is 3.21. The zero-order chi connectivity index (χ0) is 13.3. The predicted molar refractivity (Wildman–Crippen MR) is 79.1 cm³/mol. The van der Waals surface area contributed by atoms with Gasteiger partial charge in [0.15, 0.2) is 0 Å². The zero-order valence-electron chi connectivity index (χ0n) is 11.4. The minimum absolute atomic E-state index is 0.0433. The molecule has 0 spiro atoms. The highest BCUT2D eigenvalue weighted by molar-refractivity contribution is 7.12. The van der Waals surface area contributed by atoms with E-state index in [1.54, 1.807) is 11.3 Å². The van der Waals surface area contributed by atoms with Crippen LogP contribution < -0.4 is 5.73 Å². The fourth-order valence-corrected chi connectivity index (χ4v) is 2.80. The lowest BCUT2D eigenvalue weighted by atomic mass is 9.95. The van der Waals surface area contributed by atoms with Gasteiger partial charge in [-0.2, -0.15) is 0 Å². The van der Waals surface area contributed by atoms with Crippen LogP contribution in [0.5, 0.6) is 0 Å². The predicted octanol–water partition coefficient (Wildman–Crippen LogP) is 3.66. The Hall–Kier alpha value is -1.19. The third kappa shape index (κ3) is 2.47. The van der Waals surface area contributed by atoms with E-state index < -0.39 is 0 Å². The van der Waals surface area contributed by atoms with Gasteiger partial charge in [-0.15, -0.1) is 11.3 Å². The molecule has 1 aromatic heterocycles. The molecule has 0 bridgehead atoms. The van der Waals surface area contributed by atoms with Crippen molar-refractivity contribution in [3.05, 3.63) is 39.7 Å². The van der Waals surface area contributed by atoms with Gasteiger partial charge in [-0.05, 0) is 13.8 Å². The van der Waals surface area contributed by atoms with Crippen LogP contribution in [0.1, 0.15) is 29.3 Å². The lowest BCUT2D eigenvalue weighted by molar-refractivity contribution is 0.536. The number of aromatic nitrogens is 1. The second-order valence-electron chi connectivity index (χ2n) is 5.38. The molecule has 96 valence electrons. The van der Waals surface area contributed by atoms with Gasteiger partial charge in [0, 0.05) is 22.4 Å². The SMILES string of the molecule is Cc1ccc(-c2nc(C(C)(C)CN)sc2C)cc1. The number of thiazole rings is 1. The third-order valence-corrected chi connectivity index (χ3v) is 4.55. The maximum atomic E-state index is 5.82. The minimum Gasteiger partial charge on any atom is -0.330 e. The normalized spacial score (nSPS) is 11.8. The average molecular weight is 260 g/mol. The zero-order valence-corrected chi connectivity index (χ0v) is 12.3. The van der Waals surface area contributed by atoms with E-state index in [9.17, 15) is 0 Å². The van der Waals surface area contributed by atoms with Gasteiger partial charge >= 0.3 is 0 Å². The van der Waals surface area contributed by atoms with E-state index in [1.807, 2.05) is 0 Å². The number of aryl methyl sites for hydroxylation is 2. The Kier molecular flexibility index (Phi) is 3.55. The number of nitrogens with zero attached hydrogens (tertiary/aromatic N) is 1. The van der Waals surface area contributed by atoms with Gasteiger partial charge < -0.3 is 5.73 Å². The van der Waals surface area contributed by atoms with E-state index in [2.05, 4.69) is 52.0 Å². The average Bonchev–Trinajstić information content (AvgIpc) is 2.73. The number of hydrogen-bond acceptors (Lipinski definition) is 3. The van der Waals surface area contributed by atoms with Crippen molar-refractivity contribution in [3.8, 4) is 11.3 Å². The van der Waals surface area contributed by atoms with Crippen molar-refractivity contribution < 1.29 is 0 Å². The summed E-state index contributed by atoms with van der Waals surface area (Å²) in [5.41, 5.74) is 9.33. The first-order valence-corrected chi connectivity index (χ1v) is 7.01. The molecular weight excluding hydrogens is 240 g/mol. The Labute approximate surface area is 113 Å². The molecular formula is C15H20N2S. The Morgan fingerprint density at radius 2 is 1.78 bits per heavy atom. The Balaban J connectivity index is 2.44. The number of benzene rings is 1. The maximum Gasteiger partial charge on any atom is 0.100 e. The van der Waals surface area contributed by atoms with Crippen LogP contribution in [0.25, 0.3) is 11.3 Å². The highest BCUT2D eigenvalue weighted by Gasteiger charge is 2.24. The summed E-state index contributed by atoms with van der Waals surface area (Å²) in [7, 11) is 0. The molecule has 0 aliphatic heterocycles. The van der Waals surface area contributed by atoms with E-state index in [4.69, 9.17) is 10.7 Å². The van der Waals surface area contributed by atoms with Crippen LogP contribution in [-0.4, -0.2) is 11.5 Å². The summed E-state index contributed by atoms with van der Waals surface area (Å²) in [5, 5.41) is 1.12. The topological polar surface area (TPSA) is 38.9 Å². The molecule has 0 aliphatic rings. The van der Waals surface area contributed by atoms with Crippen LogP contribution in [-0.2, 0) is 5.41 Å². The quantitative estimate of drug-likeness (QED) is 0.914. The minimum atomic E-state index is -0.0433. The first-order valence-electron chi connectivity index (χ1n) is 6.19. The molecule has 0 unspecified atom stereocenters. The fourth-order valence-electron chi connectivity index (χ4n) is 1.75. The van der Waals surface area contributed by atoms with E-state index in [1.165, 1.54) is 16.0 Å². The second-order valence-corrected chi connectivity index (χ2v) is 6.58. The highest BCUT2D eigenvalue weighted by atomic mass is 32.1. The molecule has 0 saturated heterocycles. The molecule has 2 N–H and O–H groups in total. The highest BCUT2D eigenvalue weighted by Crippen LogP contribution is 2.33. The van der Waals surface area contributed by atoms with Crippen LogP contribution in [0.4, 0.5) is 0 Å². The lowest BCUT2D eigenvalue weighted by Crippen LogP contribution is -2.27. The smallest absolute Gasteiger partial charge is 0.100 e. The standard InChI is InChI=1S/C15H20N2S/c1-10-5-7-12(8-6-10)13-11(2)18-14(17-13)15(3,4)9-16/h5-8H,9,16H2,1-4H3. The Morgan fingerprint density at radius 3 is 2.33 bits per heavy atom. The molecule has 2 rings (SSSR count). The van der Waals surface area contributed by atoms with Crippen molar-refractivity contribution in [2.75, 3.05) is 6.54 Å². The largest absolute Gasteiger partial charge is 0.330 e. The summed E-state index contributed by atoms with van der Waals surface area (Å²) < 4.78 is 0. The van der Waals surface area contributed by atoms with Gasteiger partial charge in [0.05, 0.1) is 5.69 Å². The maximum absolute atomic E-state index is 5.82. The molecule has 0 atom stereocenters. The van der Waals surface area contributed by atoms with Crippen LogP contribution in [0.15, 0.2) is 24.3 Å². The molecule has 0 saturated carbocycles. The summed E-state index contributed by atoms with van der Waals surface area (Å²) in [4.78, 5) is 6.05. The van der Waals surface area contributed by atoms with Crippen LogP contribution in [0.2, 0.25) is 0 Å². The van der Waals surface area contributed by atoms with Crippen molar-refractivity contribution in [3.63, 3.8) is 0 Å². The van der Waals surface area contributed by atoms with Gasteiger partial charge in [0.25, 0.3) is 0 Å². The Morgan fingerprint density at radius 1 is 1.17 bits per heavy atom. The summed E-state index contributed by atoms with van der Waals surface area (Å²) in [6.45, 7) is 9.13. The van der Waals surface area contributed by atoms with E-state index in [-0.39, 0.29) is 5.41 Å². The van der Waals surface area contributed by atoms with Crippen molar-refractivity contribution in [2.45, 2.75) is 33.1 Å². The summed E-state index contributed by atoms with van der Waals surface area (Å²) in [6.07, 6.45) is 0. The lowest BCUT2D eigenvalue weighted by Gasteiger charge is -2.18. The van der Waals surface area contributed by atoms with E-state index in [0.717, 1.165) is 10.7 Å². The van der Waals surface area contributed by atoms with Gasteiger partial charge in [-0.1, -0.05) is 43.7 Å². The second kappa shape index (κ2) is 4.82. The first-order chi connectivity index (χ1) is 8.44. The molecule has 1 heterocycles. The first kappa shape index (κ1) is 13.2. The molecule has 18 heavy (non-hydrogen) atoms. The molecule has 2 aromatic rings. The van der Waals surface area contributed by atoms with Gasteiger partial charge in [-0.3, -0.25) is 0 Å². The van der Waals surface area contributed by atoms with Crippen LogP contribution in [0.3, 0.4) is 0 Å². The summed E-state index contributed by atoms with van der Waals surface area (Å²) >= 11 is 1.75. The van der Waals surface area contributed by atoms with Gasteiger partial charge in [-0.25, -0.2) is 4.98 Å². The van der Waals surface area contributed by atoms with E-state index in [0.29, 0.717) is 6.54 Å². The van der Waals surface area contributed by atoms with Gasteiger partial charge in [0.2, 0.25) is 0 Å². The number of rotatable bonds is 3. The van der Waals surface area contributed by atoms with Crippen LogP contribution in [0, 0.1) is 13.8 Å². The number of hydrogen-bond donors (Lipinski definition) is 1. The van der Waals surface area contributed by atoms with Gasteiger partial charge in [0.1, 0.15) is 5.01 Å². The Bertz CT molecular complexity index is 538. The molecule has 2 nitrogen and oxygen atoms in total. The summed E-state index contributed by atoms with van der Waals surface area (Å²) in [6, 6.07) is 8.52. The van der Waals surface area contributed by atoms with Crippen molar-refractivity contribution in [2.24, 2.45) is 5.73 Å². The van der Waals surface area contributed by atoms with Crippen LogP contribution >= 0.6 is 11.3 Å². The molecule has 3 heteroatoms. The molecule has 0 amide bonds. The monoisotopic (exact) mass is 260 g/mol. The van der Waals surface area contributed by atoms with Crippen molar-refractivity contribution in [1.29, 1.82) is 0 Å². The molecule has 1 aromatic carbocycles. The molecule has 0 radical (unpaired) electrons. The molecule has 0 fully saturated rings. The molecule has 0 aliphatic carbocycles. The summed E-state index contributed by atoms with van der Waals surface area (Å²) in [5.74, 6) is 0.